The Hall–Kier alpha value is -2.66. The Morgan fingerprint density at radius 2 is 1.83 bits per heavy atom. The van der Waals surface area contributed by atoms with E-state index in [4.69, 9.17) is 4.74 Å². The molecule has 4 nitrogen and oxygen atoms in total. The fourth-order valence-electron chi connectivity index (χ4n) is 2.18. The van der Waals surface area contributed by atoms with Crippen molar-refractivity contribution >= 4 is 39.7 Å². The number of hydrogen-bond donors (Lipinski definition) is 1. The van der Waals surface area contributed by atoms with E-state index in [0.717, 1.165) is 10.8 Å². The predicted octanol–water partition coefficient (Wildman–Crippen LogP) is 4.09. The molecule has 0 aliphatic rings. The highest BCUT2D eigenvalue weighted by Gasteiger charge is 2.19. The molecule has 1 atom stereocenters. The lowest BCUT2D eigenvalue weighted by atomic mass is 10.1. The third-order valence-electron chi connectivity index (χ3n) is 3.39. The SMILES string of the molecule is C[C@@H](OC(=O)c1cccs1)C(=O)Nc1ccc2ccccc2c1. The number of rotatable bonds is 4. The third kappa shape index (κ3) is 3.57. The summed E-state index contributed by atoms with van der Waals surface area (Å²) >= 11 is 1.28. The average molecular weight is 325 g/mol. The fourth-order valence-corrected chi connectivity index (χ4v) is 2.78. The molecule has 2 aromatic carbocycles. The van der Waals surface area contributed by atoms with Crippen molar-refractivity contribution in [3.05, 3.63) is 64.9 Å². The number of benzene rings is 2. The minimum absolute atomic E-state index is 0.356. The molecule has 0 spiro atoms. The summed E-state index contributed by atoms with van der Waals surface area (Å²) in [7, 11) is 0. The number of ether oxygens (including phenoxy) is 1. The Kier molecular flexibility index (Phi) is 4.39. The number of anilines is 1. The molecule has 1 amide bonds. The minimum Gasteiger partial charge on any atom is -0.448 e. The first-order valence-electron chi connectivity index (χ1n) is 7.17. The largest absolute Gasteiger partial charge is 0.448 e. The van der Waals surface area contributed by atoms with Gasteiger partial charge in [0.05, 0.1) is 0 Å². The van der Waals surface area contributed by atoms with Crippen LogP contribution in [0.3, 0.4) is 0 Å². The van der Waals surface area contributed by atoms with Gasteiger partial charge in [-0.05, 0) is 41.3 Å². The molecule has 0 radical (unpaired) electrons. The average Bonchev–Trinajstić information content (AvgIpc) is 3.09. The summed E-state index contributed by atoms with van der Waals surface area (Å²) in [5, 5.41) is 6.70. The van der Waals surface area contributed by atoms with Crippen molar-refractivity contribution in [3.63, 3.8) is 0 Å². The van der Waals surface area contributed by atoms with Crippen LogP contribution in [0.1, 0.15) is 16.6 Å². The molecule has 0 bridgehead atoms. The molecule has 0 aliphatic carbocycles. The van der Waals surface area contributed by atoms with Gasteiger partial charge in [-0.3, -0.25) is 4.79 Å². The van der Waals surface area contributed by atoms with Crippen molar-refractivity contribution < 1.29 is 14.3 Å². The van der Waals surface area contributed by atoms with Gasteiger partial charge in [0.1, 0.15) is 4.88 Å². The minimum atomic E-state index is -0.865. The molecule has 5 heteroatoms. The van der Waals surface area contributed by atoms with Crippen molar-refractivity contribution in [2.24, 2.45) is 0 Å². The zero-order chi connectivity index (χ0) is 16.2. The van der Waals surface area contributed by atoms with Gasteiger partial charge in [0.25, 0.3) is 5.91 Å². The fraction of sp³-hybridized carbons (Fsp3) is 0.111. The molecule has 0 fully saturated rings. The smallest absolute Gasteiger partial charge is 0.349 e. The summed E-state index contributed by atoms with van der Waals surface area (Å²) in [6.07, 6.45) is -0.865. The summed E-state index contributed by atoms with van der Waals surface area (Å²) in [5.41, 5.74) is 0.674. The van der Waals surface area contributed by atoms with Crippen LogP contribution in [0, 0.1) is 0 Å². The first kappa shape index (κ1) is 15.2. The highest BCUT2D eigenvalue weighted by molar-refractivity contribution is 7.11. The lowest BCUT2D eigenvalue weighted by molar-refractivity contribution is -0.123. The number of esters is 1. The lowest BCUT2D eigenvalue weighted by Gasteiger charge is -2.13. The third-order valence-corrected chi connectivity index (χ3v) is 4.24. The Bertz CT molecular complexity index is 842. The highest BCUT2D eigenvalue weighted by Crippen LogP contribution is 2.19. The summed E-state index contributed by atoms with van der Waals surface area (Å²) in [6.45, 7) is 1.56. The normalized spacial score (nSPS) is 11.9. The Morgan fingerprint density at radius 1 is 1.04 bits per heavy atom. The van der Waals surface area contributed by atoms with Gasteiger partial charge in [0.15, 0.2) is 6.10 Å². The number of amides is 1. The number of carbonyl (C=O) groups excluding carboxylic acids is 2. The zero-order valence-electron chi connectivity index (χ0n) is 12.5. The zero-order valence-corrected chi connectivity index (χ0v) is 13.3. The van der Waals surface area contributed by atoms with E-state index in [1.54, 1.807) is 24.4 Å². The van der Waals surface area contributed by atoms with E-state index in [1.807, 2.05) is 42.5 Å². The molecule has 116 valence electrons. The van der Waals surface area contributed by atoms with Crippen LogP contribution in [0.4, 0.5) is 5.69 Å². The molecule has 0 saturated heterocycles. The highest BCUT2D eigenvalue weighted by atomic mass is 32.1. The van der Waals surface area contributed by atoms with Gasteiger partial charge in [-0.1, -0.05) is 36.4 Å². The van der Waals surface area contributed by atoms with Crippen LogP contribution in [0.2, 0.25) is 0 Å². The number of carbonyl (C=O) groups is 2. The van der Waals surface area contributed by atoms with Crippen molar-refractivity contribution in [3.8, 4) is 0 Å². The van der Waals surface area contributed by atoms with Crippen LogP contribution in [0.25, 0.3) is 10.8 Å². The van der Waals surface area contributed by atoms with E-state index in [-0.39, 0.29) is 5.91 Å². The molecular weight excluding hydrogens is 310 g/mol. The Labute approximate surface area is 137 Å². The van der Waals surface area contributed by atoms with Gasteiger partial charge in [0.2, 0.25) is 0 Å². The second-order valence-corrected chi connectivity index (χ2v) is 6.02. The maximum Gasteiger partial charge on any atom is 0.349 e. The number of thiophene rings is 1. The van der Waals surface area contributed by atoms with Crippen molar-refractivity contribution in [1.29, 1.82) is 0 Å². The number of nitrogens with one attached hydrogen (secondary N) is 1. The van der Waals surface area contributed by atoms with E-state index < -0.39 is 12.1 Å². The van der Waals surface area contributed by atoms with Crippen LogP contribution in [-0.4, -0.2) is 18.0 Å². The quantitative estimate of drug-likeness (QED) is 0.735. The molecule has 3 aromatic rings. The molecule has 1 aromatic heterocycles. The molecule has 0 aliphatic heterocycles. The van der Waals surface area contributed by atoms with Crippen LogP contribution >= 0.6 is 11.3 Å². The van der Waals surface area contributed by atoms with Gasteiger partial charge in [-0.25, -0.2) is 4.79 Å². The second kappa shape index (κ2) is 6.62. The van der Waals surface area contributed by atoms with Gasteiger partial charge in [-0.2, -0.15) is 0 Å². The van der Waals surface area contributed by atoms with Crippen molar-refractivity contribution in [2.75, 3.05) is 5.32 Å². The molecule has 1 heterocycles. The summed E-state index contributed by atoms with van der Waals surface area (Å²) < 4.78 is 5.18. The van der Waals surface area contributed by atoms with E-state index in [9.17, 15) is 9.59 Å². The summed E-state index contributed by atoms with van der Waals surface area (Å²) in [5.74, 6) is -0.841. The second-order valence-electron chi connectivity index (χ2n) is 5.08. The summed E-state index contributed by atoms with van der Waals surface area (Å²) in [6, 6.07) is 17.0. The van der Waals surface area contributed by atoms with Crippen molar-refractivity contribution in [2.45, 2.75) is 13.0 Å². The van der Waals surface area contributed by atoms with Crippen LogP contribution in [0.15, 0.2) is 60.0 Å². The Morgan fingerprint density at radius 3 is 2.57 bits per heavy atom. The van der Waals surface area contributed by atoms with E-state index in [2.05, 4.69) is 5.32 Å². The molecular formula is C18H15NO3S. The number of hydrogen-bond acceptors (Lipinski definition) is 4. The van der Waals surface area contributed by atoms with Gasteiger partial charge >= 0.3 is 5.97 Å². The molecule has 23 heavy (non-hydrogen) atoms. The Balaban J connectivity index is 1.66. The van der Waals surface area contributed by atoms with Crippen LogP contribution in [0.5, 0.6) is 0 Å². The molecule has 3 rings (SSSR count). The lowest BCUT2D eigenvalue weighted by Crippen LogP contribution is -2.29. The van der Waals surface area contributed by atoms with E-state index in [1.165, 1.54) is 11.3 Å². The topological polar surface area (TPSA) is 55.4 Å². The maximum absolute atomic E-state index is 12.2. The van der Waals surface area contributed by atoms with E-state index in [0.29, 0.717) is 10.6 Å². The van der Waals surface area contributed by atoms with Crippen molar-refractivity contribution in [1.82, 2.24) is 0 Å². The number of fused-ring (bicyclic) bond motifs is 1. The van der Waals surface area contributed by atoms with Gasteiger partial charge in [-0.15, -0.1) is 11.3 Å². The summed E-state index contributed by atoms with van der Waals surface area (Å²) in [4.78, 5) is 24.5. The van der Waals surface area contributed by atoms with E-state index >= 15 is 0 Å². The molecule has 0 unspecified atom stereocenters. The first-order valence-corrected chi connectivity index (χ1v) is 8.05. The first-order chi connectivity index (χ1) is 11.1. The van der Waals surface area contributed by atoms with Crippen LogP contribution < -0.4 is 5.32 Å². The predicted molar refractivity (Wildman–Crippen MR) is 91.8 cm³/mol. The van der Waals surface area contributed by atoms with Gasteiger partial charge < -0.3 is 10.1 Å². The van der Waals surface area contributed by atoms with Gasteiger partial charge in [0, 0.05) is 5.69 Å². The maximum atomic E-state index is 12.2. The molecule has 0 saturated carbocycles. The molecule has 1 N–H and O–H groups in total. The standard InChI is InChI=1S/C18H15NO3S/c1-12(22-18(21)16-7-4-10-23-16)17(20)19-15-9-8-13-5-2-3-6-14(13)11-15/h2-12H,1H3,(H,19,20)/t12-/m1/s1. The van der Waals surface area contributed by atoms with Crippen LogP contribution in [-0.2, 0) is 9.53 Å². The monoisotopic (exact) mass is 325 g/mol.